The van der Waals surface area contributed by atoms with Gasteiger partial charge < -0.3 is 15.4 Å². The highest BCUT2D eigenvalue weighted by atomic mass is 19.2. The van der Waals surface area contributed by atoms with Gasteiger partial charge in [0.2, 0.25) is 0 Å². The smallest absolute Gasteiger partial charge is 0.325 e. The molecule has 0 spiro atoms. The summed E-state index contributed by atoms with van der Waals surface area (Å²) in [7, 11) is 0. The quantitative estimate of drug-likeness (QED) is 0.625. The number of anilines is 1. The molecule has 3 aromatic rings. The van der Waals surface area contributed by atoms with Crippen molar-refractivity contribution < 1.29 is 27.9 Å². The number of carbonyl (C=O) groups is 3. The summed E-state index contributed by atoms with van der Waals surface area (Å²) in [5.74, 6) is -4.17. The van der Waals surface area contributed by atoms with Gasteiger partial charge in [-0.05, 0) is 35.0 Å². The number of hydrogen-bond donors (Lipinski definition) is 2. The minimum atomic E-state index is -1.11. The van der Waals surface area contributed by atoms with E-state index in [1.54, 1.807) is 18.2 Å². The molecule has 0 saturated heterocycles. The highest BCUT2D eigenvalue weighted by Gasteiger charge is 2.12. The van der Waals surface area contributed by atoms with Crippen LogP contribution < -0.4 is 10.6 Å². The Morgan fingerprint density at radius 3 is 2.38 bits per heavy atom. The standard InChI is InChI=1S/C21H16F2N2O4/c22-17-8-7-16(10-18(17)23)25-19(26)12-29-20(27)11-24-21(28)15-6-5-13-3-1-2-4-14(13)9-15/h1-10H,11-12H2,(H,24,28)(H,25,26). The first-order valence-corrected chi connectivity index (χ1v) is 8.60. The molecule has 148 valence electrons. The van der Waals surface area contributed by atoms with Crippen molar-refractivity contribution in [2.45, 2.75) is 0 Å². The first-order valence-electron chi connectivity index (χ1n) is 8.60. The van der Waals surface area contributed by atoms with E-state index < -0.39 is 42.6 Å². The van der Waals surface area contributed by atoms with Crippen molar-refractivity contribution in [3.8, 4) is 0 Å². The van der Waals surface area contributed by atoms with Crippen LogP contribution in [0.4, 0.5) is 14.5 Å². The molecule has 0 fully saturated rings. The zero-order valence-electron chi connectivity index (χ0n) is 15.1. The number of nitrogens with one attached hydrogen (secondary N) is 2. The molecule has 0 saturated carbocycles. The number of amides is 2. The van der Waals surface area contributed by atoms with Gasteiger partial charge in [0.05, 0.1) is 0 Å². The SMILES string of the molecule is O=C(COC(=O)CNC(=O)c1ccc2ccccc2c1)Nc1ccc(F)c(F)c1. The minimum absolute atomic E-state index is 0.0227. The fourth-order valence-electron chi connectivity index (χ4n) is 2.55. The molecular weight excluding hydrogens is 382 g/mol. The summed E-state index contributed by atoms with van der Waals surface area (Å²) < 4.78 is 30.7. The van der Waals surface area contributed by atoms with Crippen LogP contribution in [0.15, 0.2) is 60.7 Å². The Hall–Kier alpha value is -3.81. The predicted molar refractivity (Wildman–Crippen MR) is 102 cm³/mol. The predicted octanol–water partition coefficient (Wildman–Crippen LogP) is 3.03. The van der Waals surface area contributed by atoms with E-state index in [4.69, 9.17) is 4.74 Å². The van der Waals surface area contributed by atoms with Gasteiger partial charge in [-0.25, -0.2) is 8.78 Å². The van der Waals surface area contributed by atoms with Gasteiger partial charge in [-0.1, -0.05) is 30.3 Å². The molecule has 6 nitrogen and oxygen atoms in total. The summed E-state index contributed by atoms with van der Waals surface area (Å²) in [4.78, 5) is 35.6. The number of rotatable bonds is 6. The van der Waals surface area contributed by atoms with Crippen LogP contribution in [0.25, 0.3) is 10.8 Å². The van der Waals surface area contributed by atoms with Gasteiger partial charge in [0.25, 0.3) is 11.8 Å². The van der Waals surface area contributed by atoms with Gasteiger partial charge in [0, 0.05) is 17.3 Å². The topological polar surface area (TPSA) is 84.5 Å². The Morgan fingerprint density at radius 1 is 0.862 bits per heavy atom. The average molecular weight is 398 g/mol. The van der Waals surface area contributed by atoms with Crippen molar-refractivity contribution in [2.24, 2.45) is 0 Å². The van der Waals surface area contributed by atoms with Gasteiger partial charge in [-0.15, -0.1) is 0 Å². The first kappa shape index (κ1) is 19.9. The molecule has 0 unspecified atom stereocenters. The Labute approximate surface area is 164 Å². The summed E-state index contributed by atoms with van der Waals surface area (Å²) in [6.07, 6.45) is 0. The van der Waals surface area contributed by atoms with Crippen molar-refractivity contribution in [3.63, 3.8) is 0 Å². The van der Waals surface area contributed by atoms with Crippen LogP contribution in [0, 0.1) is 11.6 Å². The van der Waals surface area contributed by atoms with Crippen molar-refractivity contribution in [3.05, 3.63) is 77.9 Å². The van der Waals surface area contributed by atoms with Crippen LogP contribution in [0.5, 0.6) is 0 Å². The Morgan fingerprint density at radius 2 is 1.62 bits per heavy atom. The fourth-order valence-corrected chi connectivity index (χ4v) is 2.55. The van der Waals surface area contributed by atoms with E-state index in [1.807, 2.05) is 24.3 Å². The maximum absolute atomic E-state index is 13.1. The van der Waals surface area contributed by atoms with E-state index >= 15 is 0 Å². The summed E-state index contributed by atoms with van der Waals surface area (Å²) in [5, 5.41) is 6.54. The van der Waals surface area contributed by atoms with Crippen LogP contribution in [-0.2, 0) is 14.3 Å². The molecule has 29 heavy (non-hydrogen) atoms. The summed E-state index contributed by atoms with van der Waals surface area (Å²) in [6, 6.07) is 15.5. The van der Waals surface area contributed by atoms with E-state index in [-0.39, 0.29) is 5.69 Å². The Bertz CT molecular complexity index is 1090. The summed E-state index contributed by atoms with van der Waals surface area (Å²) in [5.41, 5.74) is 0.405. The molecule has 3 rings (SSSR count). The molecular formula is C21H16F2N2O4. The minimum Gasteiger partial charge on any atom is -0.454 e. The van der Waals surface area contributed by atoms with Crippen LogP contribution in [0.3, 0.4) is 0 Å². The molecule has 0 radical (unpaired) electrons. The lowest BCUT2D eigenvalue weighted by Gasteiger charge is -2.08. The summed E-state index contributed by atoms with van der Waals surface area (Å²) in [6.45, 7) is -1.06. The van der Waals surface area contributed by atoms with Gasteiger partial charge in [-0.3, -0.25) is 14.4 Å². The second-order valence-corrected chi connectivity index (χ2v) is 6.08. The van der Waals surface area contributed by atoms with Crippen molar-refractivity contribution >= 4 is 34.2 Å². The maximum atomic E-state index is 13.1. The highest BCUT2D eigenvalue weighted by molar-refractivity contribution is 6.00. The lowest BCUT2D eigenvalue weighted by molar-refractivity contribution is -0.146. The second kappa shape index (κ2) is 8.92. The van der Waals surface area contributed by atoms with Crippen LogP contribution in [0.1, 0.15) is 10.4 Å². The molecule has 0 bridgehead atoms. The third-order valence-electron chi connectivity index (χ3n) is 3.97. The number of carbonyl (C=O) groups excluding carboxylic acids is 3. The van der Waals surface area contributed by atoms with Gasteiger partial charge in [0.15, 0.2) is 18.2 Å². The number of benzene rings is 3. The highest BCUT2D eigenvalue weighted by Crippen LogP contribution is 2.15. The molecule has 8 heteroatoms. The zero-order valence-corrected chi connectivity index (χ0v) is 15.1. The van der Waals surface area contributed by atoms with E-state index in [0.29, 0.717) is 5.56 Å². The molecule has 0 aromatic heterocycles. The fraction of sp³-hybridized carbons (Fsp3) is 0.0952. The largest absolute Gasteiger partial charge is 0.454 e. The maximum Gasteiger partial charge on any atom is 0.325 e. The number of ether oxygens (including phenoxy) is 1. The number of fused-ring (bicyclic) bond motifs is 1. The molecule has 0 atom stereocenters. The van der Waals surface area contributed by atoms with Crippen molar-refractivity contribution in [1.82, 2.24) is 5.32 Å². The summed E-state index contributed by atoms with van der Waals surface area (Å²) >= 11 is 0. The molecule has 0 aliphatic rings. The monoisotopic (exact) mass is 398 g/mol. The second-order valence-electron chi connectivity index (χ2n) is 6.08. The molecule has 2 N–H and O–H groups in total. The lowest BCUT2D eigenvalue weighted by atomic mass is 10.1. The zero-order chi connectivity index (χ0) is 20.8. The van der Waals surface area contributed by atoms with Gasteiger partial charge in [0.1, 0.15) is 6.54 Å². The molecule has 3 aromatic carbocycles. The third-order valence-corrected chi connectivity index (χ3v) is 3.97. The molecule has 0 aliphatic heterocycles. The van der Waals surface area contributed by atoms with Crippen molar-refractivity contribution in [2.75, 3.05) is 18.5 Å². The number of esters is 1. The molecule has 0 aliphatic carbocycles. The third kappa shape index (κ3) is 5.35. The molecule has 2 amide bonds. The number of halogens is 2. The molecule has 0 heterocycles. The normalized spacial score (nSPS) is 10.4. The van der Waals surface area contributed by atoms with Crippen LogP contribution in [0.2, 0.25) is 0 Å². The lowest BCUT2D eigenvalue weighted by Crippen LogP contribution is -2.32. The average Bonchev–Trinajstić information content (AvgIpc) is 2.72. The number of hydrogen-bond acceptors (Lipinski definition) is 4. The van der Waals surface area contributed by atoms with Crippen LogP contribution >= 0.6 is 0 Å². The van der Waals surface area contributed by atoms with E-state index in [0.717, 1.165) is 22.9 Å². The van der Waals surface area contributed by atoms with E-state index in [9.17, 15) is 23.2 Å². The Balaban J connectivity index is 1.45. The van der Waals surface area contributed by atoms with Crippen LogP contribution in [-0.4, -0.2) is 30.9 Å². The van der Waals surface area contributed by atoms with E-state index in [2.05, 4.69) is 10.6 Å². The van der Waals surface area contributed by atoms with Gasteiger partial charge in [-0.2, -0.15) is 0 Å². The van der Waals surface area contributed by atoms with Crippen molar-refractivity contribution in [1.29, 1.82) is 0 Å². The first-order chi connectivity index (χ1) is 13.9. The van der Waals surface area contributed by atoms with Gasteiger partial charge >= 0.3 is 5.97 Å². The van der Waals surface area contributed by atoms with E-state index in [1.165, 1.54) is 6.07 Å². The Kier molecular flexibility index (Phi) is 6.13.